The van der Waals surface area contributed by atoms with Crippen molar-refractivity contribution >= 4 is 15.9 Å². The lowest BCUT2D eigenvalue weighted by Crippen LogP contribution is -2.51. The number of hydrogen-bond donors (Lipinski definition) is 1. The van der Waals surface area contributed by atoms with Gasteiger partial charge in [-0.3, -0.25) is 4.90 Å². The number of nitrogens with one attached hydrogen (secondary N) is 1. The summed E-state index contributed by atoms with van der Waals surface area (Å²) in [7, 11) is 1.99. The minimum Gasteiger partial charge on any atom is -0.374 e. The van der Waals surface area contributed by atoms with Crippen LogP contribution < -0.4 is 5.32 Å². The van der Waals surface area contributed by atoms with Gasteiger partial charge >= 0.3 is 0 Å². The van der Waals surface area contributed by atoms with Crippen LogP contribution in [0.15, 0.2) is 22.7 Å². The van der Waals surface area contributed by atoms with Gasteiger partial charge in [0, 0.05) is 23.6 Å². The van der Waals surface area contributed by atoms with E-state index in [4.69, 9.17) is 4.74 Å². The highest BCUT2D eigenvalue weighted by Gasteiger charge is 2.34. The molecule has 1 saturated heterocycles. The lowest BCUT2D eigenvalue weighted by Gasteiger charge is -2.44. The molecule has 0 aromatic heterocycles. The van der Waals surface area contributed by atoms with Crippen LogP contribution in [0, 0.1) is 6.92 Å². The van der Waals surface area contributed by atoms with Gasteiger partial charge in [0.05, 0.1) is 18.8 Å². The van der Waals surface area contributed by atoms with E-state index in [-0.39, 0.29) is 6.10 Å². The second-order valence-corrected chi connectivity index (χ2v) is 6.61. The Balaban J connectivity index is 2.35. The third kappa shape index (κ3) is 3.42. The van der Waals surface area contributed by atoms with Gasteiger partial charge in [0.1, 0.15) is 0 Å². The number of nitrogens with zero attached hydrogens (tertiary/aromatic N) is 1. The summed E-state index contributed by atoms with van der Waals surface area (Å²) in [6.45, 7) is 9.36. The second kappa shape index (κ2) is 7.03. The van der Waals surface area contributed by atoms with Gasteiger partial charge in [-0.15, -0.1) is 0 Å². The molecule has 0 saturated carbocycles. The molecule has 0 aliphatic carbocycles. The predicted molar refractivity (Wildman–Crippen MR) is 87.1 cm³/mol. The highest BCUT2D eigenvalue weighted by Crippen LogP contribution is 2.32. The number of ether oxygens (including phenoxy) is 1. The van der Waals surface area contributed by atoms with Gasteiger partial charge in [0.15, 0.2) is 0 Å². The Morgan fingerprint density at radius 3 is 2.80 bits per heavy atom. The molecule has 1 heterocycles. The normalized spacial score (nSPS) is 24.3. The van der Waals surface area contributed by atoms with Crippen molar-refractivity contribution in [2.75, 3.05) is 26.7 Å². The summed E-state index contributed by atoms with van der Waals surface area (Å²) in [6.07, 6.45) is 0.205. The summed E-state index contributed by atoms with van der Waals surface area (Å²) in [5.74, 6) is 0. The molecule has 3 nitrogen and oxygen atoms in total. The average molecular weight is 341 g/mol. The van der Waals surface area contributed by atoms with Crippen LogP contribution in [0.3, 0.4) is 0 Å². The Morgan fingerprint density at radius 2 is 2.20 bits per heavy atom. The van der Waals surface area contributed by atoms with Gasteiger partial charge in [-0.2, -0.15) is 0 Å². The fourth-order valence-corrected chi connectivity index (χ4v) is 3.21. The van der Waals surface area contributed by atoms with Gasteiger partial charge in [0.25, 0.3) is 0 Å². The molecule has 1 fully saturated rings. The van der Waals surface area contributed by atoms with E-state index in [0.717, 1.165) is 19.7 Å². The molecule has 1 N–H and O–H groups in total. The molecule has 1 aromatic carbocycles. The number of hydrogen-bond acceptors (Lipinski definition) is 3. The Bertz CT molecular complexity index is 448. The molecule has 112 valence electrons. The molecule has 0 bridgehead atoms. The first kappa shape index (κ1) is 16.0. The SMILES string of the molecule is CNCC1OCCN(C(C)C)C1c1ccc(Br)c(C)c1. The van der Waals surface area contributed by atoms with E-state index in [1.165, 1.54) is 15.6 Å². The van der Waals surface area contributed by atoms with E-state index in [1.54, 1.807) is 0 Å². The molecule has 2 rings (SSSR count). The van der Waals surface area contributed by atoms with Gasteiger partial charge in [-0.1, -0.05) is 28.1 Å². The molecule has 0 amide bonds. The summed E-state index contributed by atoms with van der Waals surface area (Å²) in [4.78, 5) is 2.55. The Morgan fingerprint density at radius 1 is 1.45 bits per heavy atom. The molecule has 1 aliphatic rings. The molecule has 1 aliphatic heterocycles. The van der Waals surface area contributed by atoms with E-state index < -0.39 is 0 Å². The molecule has 1 aromatic rings. The van der Waals surface area contributed by atoms with E-state index in [9.17, 15) is 0 Å². The van der Waals surface area contributed by atoms with E-state index in [1.807, 2.05) is 7.05 Å². The zero-order chi connectivity index (χ0) is 14.7. The minimum absolute atomic E-state index is 0.205. The van der Waals surface area contributed by atoms with Crippen molar-refractivity contribution < 1.29 is 4.74 Å². The van der Waals surface area contributed by atoms with Crippen molar-refractivity contribution in [2.24, 2.45) is 0 Å². The molecule has 2 atom stereocenters. The van der Waals surface area contributed by atoms with Crippen molar-refractivity contribution in [3.8, 4) is 0 Å². The molecule has 4 heteroatoms. The Labute approximate surface area is 130 Å². The van der Waals surface area contributed by atoms with Crippen LogP contribution in [0.2, 0.25) is 0 Å². The maximum Gasteiger partial charge on any atom is 0.0896 e. The highest BCUT2D eigenvalue weighted by molar-refractivity contribution is 9.10. The quantitative estimate of drug-likeness (QED) is 0.911. The largest absolute Gasteiger partial charge is 0.374 e. The van der Waals surface area contributed by atoms with Crippen LogP contribution in [-0.4, -0.2) is 43.8 Å². The average Bonchev–Trinajstić information content (AvgIpc) is 2.42. The number of aryl methyl sites for hydroxylation is 1. The predicted octanol–water partition coefficient (Wildman–Crippen LogP) is 3.13. The minimum atomic E-state index is 0.205. The van der Waals surface area contributed by atoms with Crippen LogP contribution in [-0.2, 0) is 4.74 Å². The molecular weight excluding hydrogens is 316 g/mol. The van der Waals surface area contributed by atoms with Crippen LogP contribution in [0.4, 0.5) is 0 Å². The van der Waals surface area contributed by atoms with Gasteiger partial charge in [-0.05, 0) is 45.0 Å². The maximum absolute atomic E-state index is 6.02. The fraction of sp³-hybridized carbons (Fsp3) is 0.625. The van der Waals surface area contributed by atoms with Gasteiger partial charge in [0.2, 0.25) is 0 Å². The molecule has 0 radical (unpaired) electrons. The number of likely N-dealkylation sites (N-methyl/N-ethyl adjacent to an activating group) is 1. The van der Waals surface area contributed by atoms with Gasteiger partial charge in [-0.25, -0.2) is 0 Å². The van der Waals surface area contributed by atoms with Crippen molar-refractivity contribution in [1.82, 2.24) is 10.2 Å². The lowest BCUT2D eigenvalue weighted by atomic mass is 9.95. The van der Waals surface area contributed by atoms with Crippen molar-refractivity contribution in [1.29, 1.82) is 0 Å². The topological polar surface area (TPSA) is 24.5 Å². The van der Waals surface area contributed by atoms with E-state index in [0.29, 0.717) is 12.1 Å². The monoisotopic (exact) mass is 340 g/mol. The lowest BCUT2D eigenvalue weighted by molar-refractivity contribution is -0.0815. The smallest absolute Gasteiger partial charge is 0.0896 e. The molecule has 20 heavy (non-hydrogen) atoms. The number of benzene rings is 1. The fourth-order valence-electron chi connectivity index (χ4n) is 2.96. The molecule has 2 unspecified atom stereocenters. The summed E-state index contributed by atoms with van der Waals surface area (Å²) < 4.78 is 7.19. The van der Waals surface area contributed by atoms with Crippen LogP contribution >= 0.6 is 15.9 Å². The standard InChI is InChI=1S/C16H25BrN2O/c1-11(2)19-7-8-20-15(10-18-4)16(19)13-5-6-14(17)12(3)9-13/h5-6,9,11,15-16,18H,7-8,10H2,1-4H3. The summed E-state index contributed by atoms with van der Waals surface area (Å²) in [5, 5.41) is 3.26. The van der Waals surface area contributed by atoms with Crippen molar-refractivity contribution in [3.63, 3.8) is 0 Å². The summed E-state index contributed by atoms with van der Waals surface area (Å²) >= 11 is 3.59. The Hall–Kier alpha value is -0.420. The first-order valence-electron chi connectivity index (χ1n) is 7.32. The molecular formula is C16H25BrN2O. The van der Waals surface area contributed by atoms with Crippen LogP contribution in [0.25, 0.3) is 0 Å². The van der Waals surface area contributed by atoms with Crippen LogP contribution in [0.1, 0.15) is 31.0 Å². The number of rotatable bonds is 4. The first-order chi connectivity index (χ1) is 9.54. The second-order valence-electron chi connectivity index (χ2n) is 5.75. The number of morpholine rings is 1. The van der Waals surface area contributed by atoms with E-state index >= 15 is 0 Å². The number of halogens is 1. The Kier molecular flexibility index (Phi) is 5.61. The zero-order valence-corrected chi connectivity index (χ0v) is 14.4. The third-order valence-electron chi connectivity index (χ3n) is 3.98. The summed E-state index contributed by atoms with van der Waals surface area (Å²) in [5.41, 5.74) is 2.62. The summed E-state index contributed by atoms with van der Waals surface area (Å²) in [6, 6.07) is 7.49. The van der Waals surface area contributed by atoms with Crippen molar-refractivity contribution in [3.05, 3.63) is 33.8 Å². The zero-order valence-electron chi connectivity index (χ0n) is 12.8. The van der Waals surface area contributed by atoms with Crippen molar-refractivity contribution in [2.45, 2.75) is 39.0 Å². The molecule has 0 spiro atoms. The first-order valence-corrected chi connectivity index (χ1v) is 8.12. The van der Waals surface area contributed by atoms with E-state index in [2.05, 4.69) is 65.1 Å². The maximum atomic E-state index is 6.02. The van der Waals surface area contributed by atoms with Crippen LogP contribution in [0.5, 0.6) is 0 Å². The highest BCUT2D eigenvalue weighted by atomic mass is 79.9. The third-order valence-corrected chi connectivity index (χ3v) is 4.87. The van der Waals surface area contributed by atoms with Gasteiger partial charge < -0.3 is 10.1 Å².